The lowest BCUT2D eigenvalue weighted by molar-refractivity contribution is 0.647. The van der Waals surface area contributed by atoms with E-state index in [1.54, 1.807) is 0 Å². The first-order valence-corrected chi connectivity index (χ1v) is 7.83. The van der Waals surface area contributed by atoms with E-state index in [1.807, 2.05) is 0 Å². The number of aryl methyl sites for hydroxylation is 2. The van der Waals surface area contributed by atoms with E-state index < -0.39 is 0 Å². The van der Waals surface area contributed by atoms with Crippen molar-refractivity contribution in [3.8, 4) is 11.4 Å². The van der Waals surface area contributed by atoms with Crippen LogP contribution < -0.4 is 0 Å². The minimum atomic E-state index is 0.465. The third-order valence-corrected chi connectivity index (χ3v) is 3.76. The van der Waals surface area contributed by atoms with E-state index in [0.29, 0.717) is 11.8 Å². The van der Waals surface area contributed by atoms with Gasteiger partial charge in [0.2, 0.25) is 0 Å². The van der Waals surface area contributed by atoms with Gasteiger partial charge in [-0.1, -0.05) is 52.0 Å². The number of benzene rings is 1. The second-order valence-electron chi connectivity index (χ2n) is 6.58. The van der Waals surface area contributed by atoms with E-state index in [2.05, 4.69) is 65.8 Å². The van der Waals surface area contributed by atoms with Gasteiger partial charge in [0.25, 0.3) is 0 Å². The molecule has 0 fully saturated rings. The van der Waals surface area contributed by atoms with Crippen LogP contribution in [0.25, 0.3) is 11.4 Å². The molecule has 0 aliphatic heterocycles. The molecule has 2 heteroatoms. The molecule has 0 saturated carbocycles. The third kappa shape index (κ3) is 3.69. The van der Waals surface area contributed by atoms with Crippen molar-refractivity contribution in [2.45, 2.75) is 53.9 Å². The molecule has 0 atom stereocenters. The van der Waals surface area contributed by atoms with E-state index in [1.165, 1.54) is 11.1 Å². The Kier molecular flexibility index (Phi) is 4.76. The summed E-state index contributed by atoms with van der Waals surface area (Å²) < 4.78 is 0. The van der Waals surface area contributed by atoms with Gasteiger partial charge >= 0.3 is 0 Å². The van der Waals surface area contributed by atoms with Crippen LogP contribution in [0.3, 0.4) is 0 Å². The lowest BCUT2D eigenvalue weighted by Crippen LogP contribution is -2.04. The molecule has 0 saturated heterocycles. The SMILES string of the molecule is Cc1nc(-c2ccc(CC(C)C)cc2)nc(C)c1C(C)C. The maximum absolute atomic E-state index is 4.70. The zero-order valence-corrected chi connectivity index (χ0v) is 14.1. The van der Waals surface area contributed by atoms with Crippen LogP contribution in [0, 0.1) is 19.8 Å². The highest BCUT2D eigenvalue weighted by atomic mass is 14.9. The van der Waals surface area contributed by atoms with Crippen molar-refractivity contribution in [2.75, 3.05) is 0 Å². The summed E-state index contributed by atoms with van der Waals surface area (Å²) in [5.74, 6) is 1.99. The van der Waals surface area contributed by atoms with Crippen molar-refractivity contribution in [1.29, 1.82) is 0 Å². The summed E-state index contributed by atoms with van der Waals surface area (Å²) >= 11 is 0. The first-order valence-electron chi connectivity index (χ1n) is 7.83. The van der Waals surface area contributed by atoms with Crippen LogP contribution in [-0.2, 0) is 6.42 Å². The topological polar surface area (TPSA) is 25.8 Å². The summed E-state index contributed by atoms with van der Waals surface area (Å²) in [6.45, 7) is 13.0. The number of hydrogen-bond donors (Lipinski definition) is 0. The predicted octanol–water partition coefficient (Wildman–Crippen LogP) is 5.08. The fraction of sp³-hybridized carbons (Fsp3) is 0.474. The van der Waals surface area contributed by atoms with E-state index in [9.17, 15) is 0 Å². The molecule has 2 rings (SSSR count). The highest BCUT2D eigenvalue weighted by molar-refractivity contribution is 5.56. The standard InChI is InChI=1S/C19H26N2/c1-12(2)11-16-7-9-17(10-8-16)19-20-14(5)18(13(3)4)15(6)21-19/h7-10,12-13H,11H2,1-6H3. The minimum Gasteiger partial charge on any atom is -0.233 e. The van der Waals surface area contributed by atoms with Gasteiger partial charge in [-0.05, 0) is 43.2 Å². The molecule has 0 aliphatic rings. The number of hydrogen-bond acceptors (Lipinski definition) is 2. The van der Waals surface area contributed by atoms with Crippen molar-refractivity contribution in [2.24, 2.45) is 5.92 Å². The maximum Gasteiger partial charge on any atom is 0.159 e. The van der Waals surface area contributed by atoms with Crippen LogP contribution in [0.4, 0.5) is 0 Å². The monoisotopic (exact) mass is 282 g/mol. The summed E-state index contributed by atoms with van der Waals surface area (Å²) in [4.78, 5) is 9.41. The molecule has 0 bridgehead atoms. The number of rotatable bonds is 4. The van der Waals surface area contributed by atoms with Crippen molar-refractivity contribution in [3.63, 3.8) is 0 Å². The van der Waals surface area contributed by atoms with Gasteiger partial charge in [-0.2, -0.15) is 0 Å². The van der Waals surface area contributed by atoms with Crippen LogP contribution in [0.2, 0.25) is 0 Å². The third-order valence-electron chi connectivity index (χ3n) is 3.76. The summed E-state index contributed by atoms with van der Waals surface area (Å²) in [5.41, 5.74) is 5.94. The Balaban J connectivity index is 2.34. The van der Waals surface area contributed by atoms with Gasteiger partial charge in [0.05, 0.1) is 0 Å². The predicted molar refractivity (Wildman–Crippen MR) is 89.6 cm³/mol. The van der Waals surface area contributed by atoms with E-state index >= 15 is 0 Å². The molecular formula is C19H26N2. The molecule has 1 aromatic heterocycles. The van der Waals surface area contributed by atoms with Crippen LogP contribution >= 0.6 is 0 Å². The molecule has 0 unspecified atom stereocenters. The lowest BCUT2D eigenvalue weighted by Gasteiger charge is -2.14. The molecule has 0 spiro atoms. The summed E-state index contributed by atoms with van der Waals surface area (Å²) in [7, 11) is 0. The molecule has 0 amide bonds. The molecule has 1 aromatic carbocycles. The zero-order chi connectivity index (χ0) is 15.6. The molecule has 112 valence electrons. The molecule has 0 aliphatic carbocycles. The normalized spacial score (nSPS) is 11.4. The Morgan fingerprint density at radius 3 is 1.81 bits per heavy atom. The molecule has 0 N–H and O–H groups in total. The Bertz CT molecular complexity index is 587. The largest absolute Gasteiger partial charge is 0.233 e. The zero-order valence-electron chi connectivity index (χ0n) is 14.1. The minimum absolute atomic E-state index is 0.465. The second-order valence-corrected chi connectivity index (χ2v) is 6.58. The maximum atomic E-state index is 4.70. The molecule has 0 radical (unpaired) electrons. The average molecular weight is 282 g/mol. The first kappa shape index (κ1) is 15.7. The average Bonchev–Trinajstić information content (AvgIpc) is 2.37. The van der Waals surface area contributed by atoms with Gasteiger partial charge in [0, 0.05) is 17.0 Å². The van der Waals surface area contributed by atoms with Crippen molar-refractivity contribution < 1.29 is 0 Å². The van der Waals surface area contributed by atoms with Gasteiger partial charge in [-0.3, -0.25) is 0 Å². The Morgan fingerprint density at radius 1 is 0.857 bits per heavy atom. The van der Waals surface area contributed by atoms with Gasteiger partial charge < -0.3 is 0 Å². The van der Waals surface area contributed by atoms with E-state index in [-0.39, 0.29) is 0 Å². The van der Waals surface area contributed by atoms with E-state index in [0.717, 1.165) is 29.2 Å². The van der Waals surface area contributed by atoms with E-state index in [4.69, 9.17) is 9.97 Å². The quantitative estimate of drug-likeness (QED) is 0.781. The van der Waals surface area contributed by atoms with Gasteiger partial charge in [0.1, 0.15) is 0 Å². The fourth-order valence-corrected chi connectivity index (χ4v) is 2.95. The Labute approximate surface area is 128 Å². The summed E-state index contributed by atoms with van der Waals surface area (Å²) in [6.07, 6.45) is 1.12. The molecule has 1 heterocycles. The van der Waals surface area contributed by atoms with Crippen LogP contribution in [0.15, 0.2) is 24.3 Å². The van der Waals surface area contributed by atoms with Crippen LogP contribution in [0.5, 0.6) is 0 Å². The summed E-state index contributed by atoms with van der Waals surface area (Å²) in [5, 5.41) is 0. The van der Waals surface area contributed by atoms with Crippen molar-refractivity contribution >= 4 is 0 Å². The van der Waals surface area contributed by atoms with Crippen LogP contribution in [0.1, 0.15) is 56.1 Å². The molecule has 2 nitrogen and oxygen atoms in total. The molecule has 2 aromatic rings. The van der Waals surface area contributed by atoms with Crippen molar-refractivity contribution in [1.82, 2.24) is 9.97 Å². The van der Waals surface area contributed by atoms with Gasteiger partial charge in [-0.25, -0.2) is 9.97 Å². The summed E-state index contributed by atoms with van der Waals surface area (Å²) in [6, 6.07) is 8.67. The van der Waals surface area contributed by atoms with Crippen LogP contribution in [-0.4, -0.2) is 9.97 Å². The lowest BCUT2D eigenvalue weighted by atomic mass is 9.99. The Morgan fingerprint density at radius 2 is 1.38 bits per heavy atom. The fourth-order valence-electron chi connectivity index (χ4n) is 2.95. The Hall–Kier alpha value is -1.70. The number of nitrogens with zero attached hydrogens (tertiary/aromatic N) is 2. The molecule has 21 heavy (non-hydrogen) atoms. The van der Waals surface area contributed by atoms with Gasteiger partial charge in [0.15, 0.2) is 5.82 Å². The first-order chi connectivity index (χ1) is 9.88. The second kappa shape index (κ2) is 6.38. The van der Waals surface area contributed by atoms with Crippen molar-refractivity contribution in [3.05, 3.63) is 46.8 Å². The highest BCUT2D eigenvalue weighted by Crippen LogP contribution is 2.24. The number of aromatic nitrogens is 2. The molecular weight excluding hydrogens is 256 g/mol. The smallest absolute Gasteiger partial charge is 0.159 e. The van der Waals surface area contributed by atoms with Gasteiger partial charge in [-0.15, -0.1) is 0 Å². The highest BCUT2D eigenvalue weighted by Gasteiger charge is 2.12.